The van der Waals surface area contributed by atoms with Crippen molar-refractivity contribution in [2.24, 2.45) is 0 Å². The van der Waals surface area contributed by atoms with Crippen molar-refractivity contribution in [1.29, 1.82) is 0 Å². The first-order valence-electron chi connectivity index (χ1n) is 21.6. The van der Waals surface area contributed by atoms with Crippen LogP contribution in [0.1, 0.15) is 23.6 Å². The molecule has 63 heavy (non-hydrogen) atoms. The van der Waals surface area contributed by atoms with Crippen molar-refractivity contribution in [3.8, 4) is 78.4 Å². The number of aromatic nitrogens is 2. The van der Waals surface area contributed by atoms with Crippen LogP contribution in [-0.2, 0) is 5.41 Å². The van der Waals surface area contributed by atoms with Gasteiger partial charge in [0.05, 0.1) is 11.4 Å². The predicted molar refractivity (Wildman–Crippen MR) is 265 cm³/mol. The summed E-state index contributed by atoms with van der Waals surface area (Å²) < 4.78 is 2.57. The maximum absolute atomic E-state index is 5.47. The Morgan fingerprint density at radius 1 is 0.365 bits per heavy atom. The molecule has 3 heteroatoms. The van der Waals surface area contributed by atoms with Crippen molar-refractivity contribution in [3.63, 3.8) is 0 Å². The van der Waals surface area contributed by atoms with Gasteiger partial charge in [-0.05, 0) is 98.5 Å². The Labute approximate surface area is 371 Å². The van der Waals surface area contributed by atoms with E-state index in [2.05, 4.69) is 231 Å². The van der Waals surface area contributed by atoms with E-state index >= 15 is 0 Å². The lowest BCUT2D eigenvalue weighted by Crippen LogP contribution is -2.23. The zero-order valence-corrected chi connectivity index (χ0v) is 35.5. The summed E-state index contributed by atoms with van der Waals surface area (Å²) in [6.07, 6.45) is 0. The average Bonchev–Trinajstić information content (AvgIpc) is 3.88. The largest absolute Gasteiger partial charge is 0.228 e. The molecule has 1 aliphatic carbocycles. The maximum Gasteiger partial charge on any atom is 0.160 e. The van der Waals surface area contributed by atoms with Gasteiger partial charge in [-0.25, -0.2) is 9.97 Å². The van der Waals surface area contributed by atoms with Gasteiger partial charge in [0.1, 0.15) is 0 Å². The number of hydrogen-bond donors (Lipinski definition) is 0. The molecule has 0 N–H and O–H groups in total. The highest BCUT2D eigenvalue weighted by Gasteiger charge is 2.42. The Balaban J connectivity index is 1.13. The highest BCUT2D eigenvalue weighted by Crippen LogP contribution is 2.55. The SMILES string of the molecule is CC1(c2ccccc2)c2ccccc2-c2cccc(-c3cc(-c4cc(-c5ccccc5-c5ccccc5)cc(-c5cccc6c5sc5ccccc56)c4)nc(-c4ccccc4)n3)c21. The molecule has 0 spiro atoms. The van der Waals surface area contributed by atoms with Crippen LogP contribution < -0.4 is 0 Å². The average molecular weight is 821 g/mol. The minimum absolute atomic E-state index is 0.404. The molecule has 0 radical (unpaired) electrons. The predicted octanol–water partition coefficient (Wildman–Crippen LogP) is 16.2. The zero-order valence-electron chi connectivity index (χ0n) is 34.7. The summed E-state index contributed by atoms with van der Waals surface area (Å²) in [5.74, 6) is 0.695. The number of rotatable bonds is 7. The minimum Gasteiger partial charge on any atom is -0.228 e. The molecule has 1 unspecified atom stereocenters. The van der Waals surface area contributed by atoms with Gasteiger partial charge in [-0.1, -0.05) is 194 Å². The van der Waals surface area contributed by atoms with Crippen LogP contribution in [0.3, 0.4) is 0 Å². The van der Waals surface area contributed by atoms with E-state index in [1.165, 1.54) is 70.2 Å². The molecule has 2 nitrogen and oxygen atoms in total. The van der Waals surface area contributed by atoms with Gasteiger partial charge in [-0.3, -0.25) is 0 Å². The summed E-state index contributed by atoms with van der Waals surface area (Å²) in [4.78, 5) is 10.9. The molecule has 2 aromatic heterocycles. The van der Waals surface area contributed by atoms with Gasteiger partial charge in [-0.15, -0.1) is 11.3 Å². The molecule has 0 fully saturated rings. The van der Waals surface area contributed by atoms with E-state index in [1.807, 2.05) is 11.3 Å². The molecule has 0 amide bonds. The molecule has 1 aliphatic rings. The molecule has 296 valence electrons. The fourth-order valence-corrected chi connectivity index (χ4v) is 11.2. The van der Waals surface area contributed by atoms with Gasteiger partial charge in [-0.2, -0.15) is 0 Å². The lowest BCUT2D eigenvalue weighted by molar-refractivity contribution is 0.715. The van der Waals surface area contributed by atoms with Crippen molar-refractivity contribution >= 4 is 31.5 Å². The maximum atomic E-state index is 5.47. The van der Waals surface area contributed by atoms with Gasteiger partial charge in [0.15, 0.2) is 5.82 Å². The first kappa shape index (κ1) is 37.1. The van der Waals surface area contributed by atoms with E-state index in [0.717, 1.165) is 39.2 Å². The molecule has 0 aliphatic heterocycles. The van der Waals surface area contributed by atoms with E-state index in [9.17, 15) is 0 Å². The fourth-order valence-electron chi connectivity index (χ4n) is 10.0. The molecular weight excluding hydrogens is 781 g/mol. The van der Waals surface area contributed by atoms with Crippen LogP contribution in [0.4, 0.5) is 0 Å². The number of hydrogen-bond acceptors (Lipinski definition) is 3. The van der Waals surface area contributed by atoms with Crippen molar-refractivity contribution in [3.05, 3.63) is 241 Å². The van der Waals surface area contributed by atoms with Crippen molar-refractivity contribution < 1.29 is 0 Å². The van der Waals surface area contributed by atoms with Gasteiger partial charge in [0.25, 0.3) is 0 Å². The summed E-state index contributed by atoms with van der Waals surface area (Å²) in [5, 5.41) is 2.57. The fraction of sp³-hybridized carbons (Fsp3) is 0.0333. The minimum atomic E-state index is -0.404. The van der Waals surface area contributed by atoms with Gasteiger partial charge >= 0.3 is 0 Å². The molecule has 9 aromatic carbocycles. The zero-order chi connectivity index (χ0) is 41.9. The van der Waals surface area contributed by atoms with Crippen LogP contribution in [0, 0.1) is 0 Å². The smallest absolute Gasteiger partial charge is 0.160 e. The van der Waals surface area contributed by atoms with Crippen molar-refractivity contribution in [1.82, 2.24) is 9.97 Å². The Hall–Kier alpha value is -7.72. The van der Waals surface area contributed by atoms with Crippen molar-refractivity contribution in [2.75, 3.05) is 0 Å². The van der Waals surface area contributed by atoms with Crippen LogP contribution in [0.25, 0.3) is 98.6 Å². The van der Waals surface area contributed by atoms with Crippen LogP contribution in [0.15, 0.2) is 224 Å². The lowest BCUT2D eigenvalue weighted by atomic mass is 9.72. The standard InChI is InChI=1S/C60H40N2S/c1-60(44-23-9-4-10-24-44)53-33-15-13-27-48(53)50-30-18-32-52(57(50)60)55-38-54(61-59(62-55)40-21-7-3-8-22-40)43-36-41(46-26-12-11-25-45(46)39-19-5-2-6-20-39)35-42(37-43)47-29-17-31-51-49-28-14-16-34-56(49)63-58(47)51/h2-38H,1H3. The first-order chi connectivity index (χ1) is 31.1. The molecule has 0 saturated heterocycles. The molecule has 12 rings (SSSR count). The quantitative estimate of drug-likeness (QED) is 0.160. The van der Waals surface area contributed by atoms with Gasteiger partial charge in [0.2, 0.25) is 0 Å². The van der Waals surface area contributed by atoms with Gasteiger partial charge in [0, 0.05) is 42.3 Å². The molecule has 0 bridgehead atoms. The molecule has 11 aromatic rings. The highest BCUT2D eigenvalue weighted by atomic mass is 32.1. The number of fused-ring (bicyclic) bond motifs is 6. The lowest BCUT2D eigenvalue weighted by Gasteiger charge is -2.30. The normalized spacial score (nSPS) is 14.2. The molecule has 2 heterocycles. The third-order valence-corrected chi connectivity index (χ3v) is 14.2. The van der Waals surface area contributed by atoms with Crippen LogP contribution >= 0.6 is 11.3 Å². The second-order valence-corrected chi connectivity index (χ2v) is 17.6. The van der Waals surface area contributed by atoms with E-state index in [0.29, 0.717) is 5.82 Å². The Morgan fingerprint density at radius 2 is 0.889 bits per heavy atom. The van der Waals surface area contributed by atoms with Crippen LogP contribution in [0.2, 0.25) is 0 Å². The summed E-state index contributed by atoms with van der Waals surface area (Å²) in [6, 6.07) is 81.2. The van der Waals surface area contributed by atoms with Crippen molar-refractivity contribution in [2.45, 2.75) is 12.3 Å². The van der Waals surface area contributed by atoms with Crippen LogP contribution in [0.5, 0.6) is 0 Å². The Bertz CT molecular complexity index is 3520. The summed E-state index contributed by atoms with van der Waals surface area (Å²) in [7, 11) is 0. The number of nitrogens with zero attached hydrogens (tertiary/aromatic N) is 2. The Morgan fingerprint density at radius 3 is 1.67 bits per heavy atom. The summed E-state index contributed by atoms with van der Waals surface area (Å²) >= 11 is 1.86. The second kappa shape index (κ2) is 15.0. The van der Waals surface area contributed by atoms with E-state index in [4.69, 9.17) is 9.97 Å². The number of thiophene rings is 1. The monoisotopic (exact) mass is 820 g/mol. The molecule has 1 atom stereocenters. The second-order valence-electron chi connectivity index (χ2n) is 16.6. The van der Waals surface area contributed by atoms with Crippen LogP contribution in [-0.4, -0.2) is 9.97 Å². The first-order valence-corrected chi connectivity index (χ1v) is 22.4. The van der Waals surface area contributed by atoms with Gasteiger partial charge < -0.3 is 0 Å². The number of benzene rings is 9. The van der Waals surface area contributed by atoms with E-state index in [-0.39, 0.29) is 0 Å². The molecular formula is C60H40N2S. The topological polar surface area (TPSA) is 25.8 Å². The summed E-state index contributed by atoms with van der Waals surface area (Å²) in [6.45, 7) is 2.38. The molecule has 0 saturated carbocycles. The van der Waals surface area contributed by atoms with E-state index in [1.54, 1.807) is 0 Å². The highest BCUT2D eigenvalue weighted by molar-refractivity contribution is 7.26. The Kier molecular flexibility index (Phi) is 8.84. The van der Waals surface area contributed by atoms with E-state index < -0.39 is 5.41 Å². The third kappa shape index (κ3) is 6.15. The summed E-state index contributed by atoms with van der Waals surface area (Å²) in [5.41, 5.74) is 17.9. The third-order valence-electron chi connectivity index (χ3n) is 13.0.